The third-order valence-corrected chi connectivity index (χ3v) is 5.48. The number of hydrogen-bond donors (Lipinski definition) is 2. The quantitative estimate of drug-likeness (QED) is 0.396. The van der Waals surface area contributed by atoms with Gasteiger partial charge in [0.05, 0.1) is 11.1 Å². The van der Waals surface area contributed by atoms with Crippen LogP contribution in [0.15, 0.2) is 65.6 Å². The minimum atomic E-state index is -4.51. The first-order valence-electron chi connectivity index (χ1n) is 10.4. The van der Waals surface area contributed by atoms with E-state index in [1.54, 1.807) is 42.1 Å². The Labute approximate surface area is 193 Å². The van der Waals surface area contributed by atoms with Crippen LogP contribution in [0.2, 0.25) is 0 Å². The van der Waals surface area contributed by atoms with Gasteiger partial charge in [-0.3, -0.25) is 9.78 Å². The van der Waals surface area contributed by atoms with E-state index in [0.29, 0.717) is 16.8 Å². The molecule has 2 aromatic carbocycles. The van der Waals surface area contributed by atoms with E-state index in [1.807, 2.05) is 19.9 Å². The molecule has 0 atom stereocenters. The number of amides is 2. The first-order chi connectivity index (χ1) is 16.0. The van der Waals surface area contributed by atoms with Crippen molar-refractivity contribution in [2.24, 2.45) is 7.05 Å². The summed E-state index contributed by atoms with van der Waals surface area (Å²) in [4.78, 5) is 29.8. The van der Waals surface area contributed by atoms with E-state index in [-0.39, 0.29) is 11.2 Å². The number of carbonyl (C=O) groups excluding carboxylic acids is 1. The summed E-state index contributed by atoms with van der Waals surface area (Å²) in [5.74, 6) is 0. The lowest BCUT2D eigenvalue weighted by atomic mass is 9.99. The monoisotopic (exact) mass is 466 g/mol. The Bertz CT molecular complexity index is 1480. The zero-order valence-corrected chi connectivity index (χ0v) is 18.6. The number of rotatable bonds is 3. The zero-order valence-electron chi connectivity index (χ0n) is 18.6. The fraction of sp³-hybridized carbons (Fsp3) is 0.160. The van der Waals surface area contributed by atoms with Crippen molar-refractivity contribution in [2.45, 2.75) is 20.0 Å². The van der Waals surface area contributed by atoms with Crippen LogP contribution in [0.25, 0.3) is 22.0 Å². The van der Waals surface area contributed by atoms with E-state index in [9.17, 15) is 22.8 Å². The van der Waals surface area contributed by atoms with Gasteiger partial charge in [0.25, 0.3) is 5.56 Å². The number of nitrogens with zero attached hydrogens (tertiary/aromatic N) is 2. The van der Waals surface area contributed by atoms with E-state index in [0.717, 1.165) is 34.3 Å². The zero-order chi connectivity index (χ0) is 24.6. The lowest BCUT2D eigenvalue weighted by Crippen LogP contribution is -2.21. The molecule has 4 rings (SSSR count). The number of aromatic nitrogens is 2. The SMILES string of the molecule is Cc1cc2c(cn1)cc(-c1cc(NC(=O)Nc3cccc(C(F)(F)F)c3)ccc1C)c(=O)n2C. The van der Waals surface area contributed by atoms with Crippen molar-refractivity contribution in [1.29, 1.82) is 0 Å². The van der Waals surface area contributed by atoms with Crippen molar-refractivity contribution in [3.8, 4) is 11.1 Å². The summed E-state index contributed by atoms with van der Waals surface area (Å²) >= 11 is 0. The molecule has 174 valence electrons. The predicted molar refractivity (Wildman–Crippen MR) is 126 cm³/mol. The molecule has 0 saturated carbocycles. The highest BCUT2D eigenvalue weighted by Gasteiger charge is 2.30. The molecule has 0 spiro atoms. The van der Waals surface area contributed by atoms with Crippen molar-refractivity contribution >= 4 is 28.3 Å². The first-order valence-corrected chi connectivity index (χ1v) is 10.4. The fourth-order valence-electron chi connectivity index (χ4n) is 3.71. The predicted octanol–water partition coefficient (Wildman–Crippen LogP) is 5.88. The molecule has 0 aliphatic rings. The van der Waals surface area contributed by atoms with E-state index in [2.05, 4.69) is 15.6 Å². The Kier molecular flexibility index (Phi) is 5.87. The van der Waals surface area contributed by atoms with Crippen molar-refractivity contribution in [1.82, 2.24) is 9.55 Å². The average Bonchev–Trinajstić information content (AvgIpc) is 2.77. The number of anilines is 2. The van der Waals surface area contributed by atoms with Crippen molar-refractivity contribution in [3.05, 3.63) is 88.0 Å². The first kappa shape index (κ1) is 23.0. The van der Waals surface area contributed by atoms with Gasteiger partial charge in [-0.2, -0.15) is 13.2 Å². The highest BCUT2D eigenvalue weighted by Crippen LogP contribution is 2.31. The lowest BCUT2D eigenvalue weighted by molar-refractivity contribution is -0.137. The maximum absolute atomic E-state index is 13.1. The second-order valence-corrected chi connectivity index (χ2v) is 7.99. The molecule has 0 radical (unpaired) electrons. The van der Waals surface area contributed by atoms with Gasteiger partial charge in [-0.05, 0) is 67.4 Å². The molecule has 9 heteroatoms. The van der Waals surface area contributed by atoms with Crippen molar-refractivity contribution in [2.75, 3.05) is 10.6 Å². The molecular formula is C25H21F3N4O2. The van der Waals surface area contributed by atoms with Gasteiger partial charge < -0.3 is 15.2 Å². The largest absolute Gasteiger partial charge is 0.416 e. The minimum absolute atomic E-state index is 0.00542. The molecule has 0 unspecified atom stereocenters. The molecule has 2 N–H and O–H groups in total. The van der Waals surface area contributed by atoms with Gasteiger partial charge in [0, 0.05) is 41.3 Å². The molecule has 34 heavy (non-hydrogen) atoms. The number of carbonyl (C=O) groups is 1. The summed E-state index contributed by atoms with van der Waals surface area (Å²) < 4.78 is 40.3. The van der Waals surface area contributed by atoms with Gasteiger partial charge in [-0.15, -0.1) is 0 Å². The number of benzene rings is 2. The van der Waals surface area contributed by atoms with E-state index < -0.39 is 17.8 Å². The van der Waals surface area contributed by atoms with Crippen LogP contribution >= 0.6 is 0 Å². The Hall–Kier alpha value is -4.14. The molecule has 4 aromatic rings. The molecule has 2 amide bonds. The van der Waals surface area contributed by atoms with E-state index >= 15 is 0 Å². The third kappa shape index (κ3) is 4.63. The fourth-order valence-corrected chi connectivity index (χ4v) is 3.71. The van der Waals surface area contributed by atoms with Crippen LogP contribution in [0, 0.1) is 13.8 Å². The summed E-state index contributed by atoms with van der Waals surface area (Å²) in [7, 11) is 1.69. The third-order valence-electron chi connectivity index (χ3n) is 5.48. The standard InChI is InChI=1S/C25H21F3N4O2/c1-14-7-8-19(31-24(34)30-18-6-4-5-17(11-18)25(26,27)28)12-20(14)21-10-16-13-29-15(2)9-22(16)32(3)23(21)33/h4-13H,1-3H3,(H2,30,31,34). The number of nitrogens with one attached hydrogen (secondary N) is 2. The maximum atomic E-state index is 13.1. The Morgan fingerprint density at radius 3 is 2.35 bits per heavy atom. The second kappa shape index (κ2) is 8.66. The van der Waals surface area contributed by atoms with Crippen LogP contribution in [0.4, 0.5) is 29.3 Å². The molecule has 0 aliphatic carbocycles. The van der Waals surface area contributed by atoms with Crippen LogP contribution in [-0.2, 0) is 13.2 Å². The number of hydrogen-bond acceptors (Lipinski definition) is 3. The van der Waals surface area contributed by atoms with Crippen LogP contribution in [0.1, 0.15) is 16.8 Å². The number of alkyl halides is 3. The number of aryl methyl sites for hydroxylation is 3. The molecule has 2 aromatic heterocycles. The number of halogens is 3. The van der Waals surface area contributed by atoms with Gasteiger partial charge in [0.2, 0.25) is 0 Å². The summed E-state index contributed by atoms with van der Waals surface area (Å²) in [6, 6.07) is 12.3. The molecule has 6 nitrogen and oxygen atoms in total. The molecule has 0 bridgehead atoms. The highest BCUT2D eigenvalue weighted by atomic mass is 19.4. The van der Waals surface area contributed by atoms with Gasteiger partial charge in [0.15, 0.2) is 0 Å². The van der Waals surface area contributed by atoms with Crippen molar-refractivity contribution in [3.63, 3.8) is 0 Å². The molecule has 0 aliphatic heterocycles. The summed E-state index contributed by atoms with van der Waals surface area (Å²) in [6.07, 6.45) is -2.81. The van der Waals surface area contributed by atoms with E-state index in [4.69, 9.17) is 0 Å². The maximum Gasteiger partial charge on any atom is 0.416 e. The number of fused-ring (bicyclic) bond motifs is 1. The minimum Gasteiger partial charge on any atom is -0.311 e. The molecular weight excluding hydrogens is 445 g/mol. The van der Waals surface area contributed by atoms with Gasteiger partial charge in [-0.25, -0.2) is 4.79 Å². The van der Waals surface area contributed by atoms with Crippen LogP contribution in [-0.4, -0.2) is 15.6 Å². The molecule has 2 heterocycles. The molecule has 0 fully saturated rings. The Balaban J connectivity index is 1.64. The van der Waals surface area contributed by atoms with E-state index in [1.165, 1.54) is 12.1 Å². The normalized spacial score (nSPS) is 11.5. The van der Waals surface area contributed by atoms with Crippen molar-refractivity contribution < 1.29 is 18.0 Å². The lowest BCUT2D eigenvalue weighted by Gasteiger charge is -2.14. The topological polar surface area (TPSA) is 76.0 Å². The average molecular weight is 466 g/mol. The van der Waals surface area contributed by atoms with Crippen LogP contribution < -0.4 is 16.2 Å². The summed E-state index contributed by atoms with van der Waals surface area (Å²) in [5.41, 5.74) is 2.77. The molecule has 0 saturated heterocycles. The smallest absolute Gasteiger partial charge is 0.311 e. The van der Waals surface area contributed by atoms with Crippen LogP contribution in [0.5, 0.6) is 0 Å². The Morgan fingerprint density at radius 1 is 0.941 bits per heavy atom. The van der Waals surface area contributed by atoms with Gasteiger partial charge >= 0.3 is 12.2 Å². The number of pyridine rings is 2. The van der Waals surface area contributed by atoms with Crippen LogP contribution in [0.3, 0.4) is 0 Å². The highest BCUT2D eigenvalue weighted by molar-refractivity contribution is 6.00. The van der Waals surface area contributed by atoms with Gasteiger partial charge in [0.1, 0.15) is 0 Å². The second-order valence-electron chi connectivity index (χ2n) is 7.99. The number of urea groups is 1. The van der Waals surface area contributed by atoms with Gasteiger partial charge in [-0.1, -0.05) is 12.1 Å². The summed E-state index contributed by atoms with van der Waals surface area (Å²) in [5, 5.41) is 5.81. The summed E-state index contributed by atoms with van der Waals surface area (Å²) in [6.45, 7) is 3.69. The Morgan fingerprint density at radius 2 is 1.65 bits per heavy atom.